The lowest BCUT2D eigenvalue weighted by molar-refractivity contribution is 0.395. The van der Waals surface area contributed by atoms with E-state index in [9.17, 15) is 13.2 Å². The van der Waals surface area contributed by atoms with Crippen LogP contribution in [0.15, 0.2) is 30.5 Å². The summed E-state index contributed by atoms with van der Waals surface area (Å²) >= 11 is 0. The summed E-state index contributed by atoms with van der Waals surface area (Å²) in [6.45, 7) is 0.126. The van der Waals surface area contributed by atoms with Crippen molar-refractivity contribution in [3.8, 4) is 5.75 Å². The first kappa shape index (κ1) is 12.2. The Morgan fingerprint density at radius 3 is 2.33 bits per heavy atom. The van der Waals surface area contributed by atoms with E-state index in [-0.39, 0.29) is 6.54 Å². The van der Waals surface area contributed by atoms with Gasteiger partial charge in [0.05, 0.1) is 11.9 Å². The first-order valence-electron chi connectivity index (χ1n) is 5.08. The van der Waals surface area contributed by atoms with E-state index in [0.717, 1.165) is 12.1 Å². The summed E-state index contributed by atoms with van der Waals surface area (Å²) in [6, 6.07) is 4.65. The predicted octanol–water partition coefficient (Wildman–Crippen LogP) is 2.82. The fraction of sp³-hybridized carbons (Fsp3) is 0.0833. The van der Waals surface area contributed by atoms with Crippen molar-refractivity contribution < 1.29 is 18.3 Å². The van der Waals surface area contributed by atoms with Crippen LogP contribution in [0.5, 0.6) is 5.75 Å². The summed E-state index contributed by atoms with van der Waals surface area (Å²) in [4.78, 5) is 3.42. The molecule has 0 saturated carbocycles. The number of anilines is 1. The Bertz CT molecular complexity index is 535. The summed E-state index contributed by atoms with van der Waals surface area (Å²) in [7, 11) is 0. The molecule has 1 aromatic heterocycles. The van der Waals surface area contributed by atoms with Gasteiger partial charge in [-0.3, -0.25) is 0 Å². The third-order valence-electron chi connectivity index (χ3n) is 2.30. The SMILES string of the molecule is Oc1c(F)cc(CNc2ccc(F)nc2)cc1F. The molecular weight excluding hydrogens is 245 g/mol. The minimum Gasteiger partial charge on any atom is -0.503 e. The molecule has 0 fully saturated rings. The number of aromatic nitrogens is 1. The molecule has 2 aromatic rings. The molecule has 3 nitrogen and oxygen atoms in total. The van der Waals surface area contributed by atoms with E-state index in [2.05, 4.69) is 10.3 Å². The van der Waals surface area contributed by atoms with Crippen LogP contribution in [0.4, 0.5) is 18.9 Å². The van der Waals surface area contributed by atoms with Gasteiger partial charge in [0.25, 0.3) is 0 Å². The highest BCUT2D eigenvalue weighted by atomic mass is 19.1. The molecule has 0 atom stereocenters. The maximum absolute atomic E-state index is 13.0. The molecule has 0 saturated heterocycles. The number of rotatable bonds is 3. The Balaban J connectivity index is 2.08. The Kier molecular flexibility index (Phi) is 3.36. The van der Waals surface area contributed by atoms with Crippen molar-refractivity contribution in [1.82, 2.24) is 4.98 Å². The van der Waals surface area contributed by atoms with E-state index in [1.54, 1.807) is 0 Å². The largest absolute Gasteiger partial charge is 0.503 e. The zero-order valence-electron chi connectivity index (χ0n) is 9.12. The number of phenolic OH excluding ortho intramolecular Hbond substituents is 1. The maximum atomic E-state index is 13.0. The molecule has 0 radical (unpaired) electrons. The van der Waals surface area contributed by atoms with Crippen LogP contribution < -0.4 is 5.32 Å². The Hall–Kier alpha value is -2.24. The van der Waals surface area contributed by atoms with Gasteiger partial charge in [0.1, 0.15) is 0 Å². The quantitative estimate of drug-likeness (QED) is 0.828. The Morgan fingerprint density at radius 1 is 1.11 bits per heavy atom. The second kappa shape index (κ2) is 4.95. The van der Waals surface area contributed by atoms with Crippen LogP contribution >= 0.6 is 0 Å². The maximum Gasteiger partial charge on any atom is 0.212 e. The van der Waals surface area contributed by atoms with E-state index in [1.807, 2.05) is 0 Å². The second-order valence-electron chi connectivity index (χ2n) is 3.63. The van der Waals surface area contributed by atoms with Gasteiger partial charge in [0, 0.05) is 6.54 Å². The van der Waals surface area contributed by atoms with Crippen LogP contribution in [0.1, 0.15) is 5.56 Å². The highest BCUT2D eigenvalue weighted by Gasteiger charge is 2.09. The van der Waals surface area contributed by atoms with Crippen molar-refractivity contribution in [2.45, 2.75) is 6.54 Å². The molecule has 0 spiro atoms. The number of aromatic hydroxyl groups is 1. The lowest BCUT2D eigenvalue weighted by Gasteiger charge is -2.07. The van der Waals surface area contributed by atoms with Crippen molar-refractivity contribution in [2.24, 2.45) is 0 Å². The second-order valence-corrected chi connectivity index (χ2v) is 3.63. The highest BCUT2D eigenvalue weighted by molar-refractivity contribution is 5.41. The number of pyridine rings is 1. The van der Waals surface area contributed by atoms with Crippen LogP contribution in [0.2, 0.25) is 0 Å². The van der Waals surface area contributed by atoms with Gasteiger partial charge < -0.3 is 10.4 Å². The average Bonchev–Trinajstić information content (AvgIpc) is 2.35. The van der Waals surface area contributed by atoms with Crippen LogP contribution in [0.3, 0.4) is 0 Å². The number of hydrogen-bond donors (Lipinski definition) is 2. The summed E-state index contributed by atoms with van der Waals surface area (Å²) in [6.07, 6.45) is 1.27. The van der Waals surface area contributed by atoms with E-state index in [4.69, 9.17) is 5.11 Å². The molecule has 6 heteroatoms. The van der Waals surface area contributed by atoms with Crippen LogP contribution in [0, 0.1) is 17.6 Å². The zero-order valence-corrected chi connectivity index (χ0v) is 9.12. The monoisotopic (exact) mass is 254 g/mol. The minimum absolute atomic E-state index is 0.126. The zero-order chi connectivity index (χ0) is 13.1. The molecule has 2 rings (SSSR count). The van der Waals surface area contributed by atoms with Gasteiger partial charge >= 0.3 is 0 Å². The van der Waals surface area contributed by atoms with Gasteiger partial charge in [0.15, 0.2) is 17.4 Å². The predicted molar refractivity (Wildman–Crippen MR) is 59.5 cm³/mol. The lowest BCUT2D eigenvalue weighted by atomic mass is 10.2. The number of nitrogens with one attached hydrogen (secondary N) is 1. The number of nitrogens with zero attached hydrogens (tertiary/aromatic N) is 1. The molecule has 0 amide bonds. The van der Waals surface area contributed by atoms with Crippen LogP contribution in [-0.4, -0.2) is 10.1 Å². The molecule has 1 heterocycles. The molecule has 1 aromatic carbocycles. The summed E-state index contributed by atoms with van der Waals surface area (Å²) in [5, 5.41) is 11.7. The lowest BCUT2D eigenvalue weighted by Crippen LogP contribution is -2.01. The summed E-state index contributed by atoms with van der Waals surface area (Å²) in [5.41, 5.74) is 0.831. The molecule has 0 bridgehead atoms. The fourth-order valence-corrected chi connectivity index (χ4v) is 1.40. The first-order chi connectivity index (χ1) is 8.56. The van der Waals surface area contributed by atoms with E-state index >= 15 is 0 Å². The smallest absolute Gasteiger partial charge is 0.212 e. The van der Waals surface area contributed by atoms with Gasteiger partial charge in [-0.1, -0.05) is 0 Å². The van der Waals surface area contributed by atoms with Gasteiger partial charge in [-0.05, 0) is 29.8 Å². The third-order valence-corrected chi connectivity index (χ3v) is 2.30. The first-order valence-corrected chi connectivity index (χ1v) is 5.08. The van der Waals surface area contributed by atoms with Gasteiger partial charge in [-0.25, -0.2) is 13.8 Å². The van der Waals surface area contributed by atoms with Crippen molar-refractivity contribution in [3.05, 3.63) is 53.6 Å². The molecule has 0 aliphatic heterocycles. The van der Waals surface area contributed by atoms with Crippen molar-refractivity contribution in [1.29, 1.82) is 0 Å². The average molecular weight is 254 g/mol. The summed E-state index contributed by atoms with van der Waals surface area (Å²) in [5.74, 6) is -3.66. The molecule has 94 valence electrons. The number of phenols is 1. The summed E-state index contributed by atoms with van der Waals surface area (Å²) < 4.78 is 38.6. The fourth-order valence-electron chi connectivity index (χ4n) is 1.40. The standard InChI is InChI=1S/C12H9F3N2O/c13-9-3-7(4-10(14)12(9)18)5-16-8-1-2-11(15)17-6-8/h1-4,6,16,18H,5H2. The normalized spacial score (nSPS) is 10.4. The molecule has 2 N–H and O–H groups in total. The minimum atomic E-state index is -1.02. The molecule has 0 unspecified atom stereocenters. The van der Waals surface area contributed by atoms with Crippen molar-refractivity contribution in [2.75, 3.05) is 5.32 Å². The number of halogens is 3. The molecular formula is C12H9F3N2O. The van der Waals surface area contributed by atoms with E-state index in [1.165, 1.54) is 18.3 Å². The van der Waals surface area contributed by atoms with Crippen LogP contribution in [-0.2, 0) is 6.54 Å². The topological polar surface area (TPSA) is 45.1 Å². The van der Waals surface area contributed by atoms with E-state index < -0.39 is 23.3 Å². The Labute approximate surface area is 101 Å². The number of benzene rings is 1. The number of hydrogen-bond acceptors (Lipinski definition) is 3. The molecule has 0 aliphatic rings. The van der Waals surface area contributed by atoms with Crippen molar-refractivity contribution in [3.63, 3.8) is 0 Å². The van der Waals surface area contributed by atoms with Gasteiger partial charge in [0.2, 0.25) is 5.95 Å². The van der Waals surface area contributed by atoms with Crippen molar-refractivity contribution >= 4 is 5.69 Å². The molecule has 0 aliphatic carbocycles. The third kappa shape index (κ3) is 2.71. The molecule has 18 heavy (non-hydrogen) atoms. The van der Waals surface area contributed by atoms with E-state index in [0.29, 0.717) is 11.3 Å². The highest BCUT2D eigenvalue weighted by Crippen LogP contribution is 2.21. The van der Waals surface area contributed by atoms with Crippen LogP contribution in [0.25, 0.3) is 0 Å². The Morgan fingerprint density at radius 2 is 1.78 bits per heavy atom. The van der Waals surface area contributed by atoms with Gasteiger partial charge in [-0.2, -0.15) is 4.39 Å². The van der Waals surface area contributed by atoms with Gasteiger partial charge in [-0.15, -0.1) is 0 Å².